The molecule has 1 aromatic carbocycles. The standard InChI is InChI=1S/C17H19NO/c1-13(2)10-15-4-3-5-17(11-15)19-16-8-6-14(12-18)7-9-16/h3,5-9,11,13,15H,4,10H2,1-2H3. The minimum atomic E-state index is 0.568. The first-order valence-corrected chi connectivity index (χ1v) is 6.73. The average Bonchev–Trinajstić information content (AvgIpc) is 2.39. The van der Waals surface area contributed by atoms with Crippen molar-refractivity contribution in [3.05, 3.63) is 53.8 Å². The Bertz CT molecular complexity index is 517. The Morgan fingerprint density at radius 1 is 1.32 bits per heavy atom. The van der Waals surface area contributed by atoms with E-state index in [0.29, 0.717) is 17.4 Å². The van der Waals surface area contributed by atoms with Crippen molar-refractivity contribution in [1.29, 1.82) is 5.26 Å². The van der Waals surface area contributed by atoms with Gasteiger partial charge < -0.3 is 4.74 Å². The Labute approximate surface area is 115 Å². The summed E-state index contributed by atoms with van der Waals surface area (Å²) in [7, 11) is 0. The molecule has 0 aliphatic heterocycles. The van der Waals surface area contributed by atoms with E-state index >= 15 is 0 Å². The summed E-state index contributed by atoms with van der Waals surface area (Å²) in [5.41, 5.74) is 0.651. The van der Waals surface area contributed by atoms with Crippen molar-refractivity contribution in [3.63, 3.8) is 0 Å². The molecule has 0 radical (unpaired) electrons. The Hall–Kier alpha value is -2.01. The van der Waals surface area contributed by atoms with Gasteiger partial charge in [-0.2, -0.15) is 5.26 Å². The van der Waals surface area contributed by atoms with Crippen LogP contribution in [-0.4, -0.2) is 0 Å². The van der Waals surface area contributed by atoms with Gasteiger partial charge in [0.1, 0.15) is 11.5 Å². The molecule has 0 bridgehead atoms. The van der Waals surface area contributed by atoms with Gasteiger partial charge in [0.2, 0.25) is 0 Å². The maximum absolute atomic E-state index is 8.76. The Morgan fingerprint density at radius 3 is 2.68 bits per heavy atom. The third kappa shape index (κ3) is 3.99. The lowest BCUT2D eigenvalue weighted by Crippen LogP contribution is -2.07. The zero-order valence-corrected chi connectivity index (χ0v) is 11.5. The normalized spacial score (nSPS) is 18.0. The second-order valence-corrected chi connectivity index (χ2v) is 5.33. The number of ether oxygens (including phenoxy) is 1. The van der Waals surface area contributed by atoms with Crippen molar-refractivity contribution in [2.75, 3.05) is 0 Å². The first-order chi connectivity index (χ1) is 9.17. The molecule has 2 rings (SSSR count). The van der Waals surface area contributed by atoms with Crippen LogP contribution in [0.4, 0.5) is 0 Å². The monoisotopic (exact) mass is 253 g/mol. The van der Waals surface area contributed by atoms with Crippen LogP contribution in [0.3, 0.4) is 0 Å². The van der Waals surface area contributed by atoms with Crippen molar-refractivity contribution < 1.29 is 4.74 Å². The number of hydrogen-bond acceptors (Lipinski definition) is 2. The minimum Gasteiger partial charge on any atom is -0.458 e. The maximum Gasteiger partial charge on any atom is 0.127 e. The van der Waals surface area contributed by atoms with Gasteiger partial charge in [-0.05, 0) is 61.1 Å². The van der Waals surface area contributed by atoms with Gasteiger partial charge in [-0.1, -0.05) is 19.9 Å². The predicted octanol–water partition coefficient (Wildman–Crippen LogP) is 4.44. The summed E-state index contributed by atoms with van der Waals surface area (Å²) < 4.78 is 5.83. The average molecular weight is 253 g/mol. The summed E-state index contributed by atoms with van der Waals surface area (Å²) in [5, 5.41) is 8.76. The molecule has 98 valence electrons. The summed E-state index contributed by atoms with van der Waals surface area (Å²) in [6, 6.07) is 9.31. The first-order valence-electron chi connectivity index (χ1n) is 6.73. The topological polar surface area (TPSA) is 33.0 Å². The molecule has 1 aliphatic carbocycles. The molecule has 0 heterocycles. The third-order valence-corrected chi connectivity index (χ3v) is 3.11. The van der Waals surface area contributed by atoms with Gasteiger partial charge in [0.15, 0.2) is 0 Å². The van der Waals surface area contributed by atoms with Crippen LogP contribution in [0.25, 0.3) is 0 Å². The molecule has 0 saturated heterocycles. The summed E-state index contributed by atoms with van der Waals surface area (Å²) in [6.07, 6.45) is 8.68. The zero-order chi connectivity index (χ0) is 13.7. The molecule has 0 fully saturated rings. The molecular weight excluding hydrogens is 234 g/mol. The van der Waals surface area contributed by atoms with Gasteiger partial charge in [-0.25, -0.2) is 0 Å². The van der Waals surface area contributed by atoms with Crippen LogP contribution >= 0.6 is 0 Å². The van der Waals surface area contributed by atoms with E-state index in [1.54, 1.807) is 12.1 Å². The van der Waals surface area contributed by atoms with E-state index in [2.05, 4.69) is 32.1 Å². The number of rotatable bonds is 4. The quantitative estimate of drug-likeness (QED) is 0.794. The third-order valence-electron chi connectivity index (χ3n) is 3.11. The van der Waals surface area contributed by atoms with Crippen LogP contribution in [0.2, 0.25) is 0 Å². The van der Waals surface area contributed by atoms with E-state index in [0.717, 1.165) is 17.9 Å². The molecule has 0 aromatic heterocycles. The molecule has 0 amide bonds. The highest BCUT2D eigenvalue weighted by molar-refractivity contribution is 5.36. The number of nitrogens with zero attached hydrogens (tertiary/aromatic N) is 1. The molecule has 2 nitrogen and oxygen atoms in total. The van der Waals surface area contributed by atoms with Gasteiger partial charge >= 0.3 is 0 Å². The second-order valence-electron chi connectivity index (χ2n) is 5.33. The highest BCUT2D eigenvalue weighted by Crippen LogP contribution is 2.25. The fourth-order valence-electron chi connectivity index (χ4n) is 2.29. The lowest BCUT2D eigenvalue weighted by Gasteiger charge is -2.18. The fourth-order valence-corrected chi connectivity index (χ4v) is 2.29. The van der Waals surface area contributed by atoms with Gasteiger partial charge in [0, 0.05) is 0 Å². The second kappa shape index (κ2) is 6.24. The fraction of sp³-hybridized carbons (Fsp3) is 0.353. The van der Waals surface area contributed by atoms with E-state index in [4.69, 9.17) is 10.00 Å². The van der Waals surface area contributed by atoms with E-state index in [-0.39, 0.29) is 0 Å². The van der Waals surface area contributed by atoms with E-state index in [1.165, 1.54) is 6.42 Å². The predicted molar refractivity (Wildman–Crippen MR) is 76.6 cm³/mol. The minimum absolute atomic E-state index is 0.568. The largest absolute Gasteiger partial charge is 0.458 e. The zero-order valence-electron chi connectivity index (χ0n) is 11.5. The Balaban J connectivity index is 2.03. The molecule has 0 N–H and O–H groups in total. The van der Waals surface area contributed by atoms with Crippen LogP contribution in [0.1, 0.15) is 32.3 Å². The highest BCUT2D eigenvalue weighted by atomic mass is 16.5. The summed E-state index contributed by atoms with van der Waals surface area (Å²) in [4.78, 5) is 0. The van der Waals surface area contributed by atoms with Gasteiger partial charge in [-0.3, -0.25) is 0 Å². The van der Waals surface area contributed by atoms with Crippen LogP contribution in [-0.2, 0) is 0 Å². The summed E-state index contributed by atoms with van der Waals surface area (Å²) in [6.45, 7) is 4.49. The maximum atomic E-state index is 8.76. The molecule has 2 heteroatoms. The number of allylic oxidation sites excluding steroid dienone is 3. The number of nitriles is 1. The van der Waals surface area contributed by atoms with E-state index < -0.39 is 0 Å². The lowest BCUT2D eigenvalue weighted by molar-refractivity contribution is 0.412. The SMILES string of the molecule is CC(C)CC1C=C(Oc2ccc(C#N)cc2)C=CC1. The number of benzene rings is 1. The Morgan fingerprint density at radius 2 is 2.05 bits per heavy atom. The van der Waals surface area contributed by atoms with Crippen LogP contribution in [0.5, 0.6) is 5.75 Å². The molecule has 1 aromatic rings. The van der Waals surface area contributed by atoms with Crippen molar-refractivity contribution >= 4 is 0 Å². The van der Waals surface area contributed by atoms with E-state index in [9.17, 15) is 0 Å². The molecule has 1 aliphatic rings. The van der Waals surface area contributed by atoms with Crippen LogP contribution in [0, 0.1) is 23.2 Å². The van der Waals surface area contributed by atoms with Crippen molar-refractivity contribution in [2.24, 2.45) is 11.8 Å². The van der Waals surface area contributed by atoms with Crippen molar-refractivity contribution in [1.82, 2.24) is 0 Å². The van der Waals surface area contributed by atoms with Gasteiger partial charge in [-0.15, -0.1) is 0 Å². The van der Waals surface area contributed by atoms with Crippen molar-refractivity contribution in [3.8, 4) is 11.8 Å². The highest BCUT2D eigenvalue weighted by Gasteiger charge is 2.12. The molecule has 19 heavy (non-hydrogen) atoms. The summed E-state index contributed by atoms with van der Waals surface area (Å²) in [5.74, 6) is 2.95. The van der Waals surface area contributed by atoms with Crippen molar-refractivity contribution in [2.45, 2.75) is 26.7 Å². The lowest BCUT2D eigenvalue weighted by atomic mass is 9.91. The molecule has 1 unspecified atom stereocenters. The molecule has 0 saturated carbocycles. The van der Waals surface area contributed by atoms with Crippen LogP contribution in [0.15, 0.2) is 48.3 Å². The molecular formula is C17H19NO. The number of hydrogen-bond donors (Lipinski definition) is 0. The Kier molecular flexibility index (Phi) is 4.41. The molecule has 1 atom stereocenters. The smallest absolute Gasteiger partial charge is 0.127 e. The molecule has 0 spiro atoms. The van der Waals surface area contributed by atoms with Gasteiger partial charge in [0.25, 0.3) is 0 Å². The van der Waals surface area contributed by atoms with Crippen LogP contribution < -0.4 is 4.74 Å². The van der Waals surface area contributed by atoms with E-state index in [1.807, 2.05) is 18.2 Å². The summed E-state index contributed by atoms with van der Waals surface area (Å²) >= 11 is 0. The van der Waals surface area contributed by atoms with Gasteiger partial charge in [0.05, 0.1) is 11.6 Å². The first kappa shape index (κ1) is 13.4.